The number of halogens is 1. The van der Waals surface area contributed by atoms with Crippen molar-refractivity contribution in [3.8, 4) is 11.5 Å². The van der Waals surface area contributed by atoms with Crippen LogP contribution in [0.2, 0.25) is 0 Å². The molecule has 1 N–H and O–H groups in total. The van der Waals surface area contributed by atoms with Crippen molar-refractivity contribution in [2.45, 2.75) is 19.9 Å². The summed E-state index contributed by atoms with van der Waals surface area (Å²) in [6, 6.07) is 4.73. The van der Waals surface area contributed by atoms with Crippen LogP contribution in [0, 0.1) is 0 Å². The Morgan fingerprint density at radius 3 is 2.88 bits per heavy atom. The molecule has 0 aliphatic carbocycles. The predicted octanol–water partition coefficient (Wildman–Crippen LogP) is 2.75. The minimum atomic E-state index is -0.629. The average Bonchev–Trinajstić information content (AvgIpc) is 3.08. The number of benzene rings is 1. The van der Waals surface area contributed by atoms with Gasteiger partial charge in [0.2, 0.25) is 11.9 Å². The van der Waals surface area contributed by atoms with Gasteiger partial charge in [-0.1, -0.05) is 6.07 Å². The van der Waals surface area contributed by atoms with Gasteiger partial charge in [-0.25, -0.2) is 9.79 Å². The van der Waals surface area contributed by atoms with Gasteiger partial charge in [0.1, 0.15) is 6.04 Å². The van der Waals surface area contributed by atoms with Gasteiger partial charge < -0.3 is 19.5 Å². The number of allylic oxidation sites excluding steroid dienone is 1. The van der Waals surface area contributed by atoms with Gasteiger partial charge in [-0.3, -0.25) is 4.79 Å². The number of carbonyl (C=O) groups is 2. The maximum absolute atomic E-state index is 12.5. The molecule has 1 aromatic carbocycles. The van der Waals surface area contributed by atoms with E-state index in [4.69, 9.17) is 25.8 Å². The molecule has 2 heterocycles. The number of esters is 1. The number of alkyl halides is 1. The third kappa shape index (κ3) is 3.81. The molecule has 0 fully saturated rings. The molecular weight excluding hydrogens is 380 g/mol. The molecule has 138 valence electrons. The largest absolute Gasteiger partial charge is 0.463 e. The van der Waals surface area contributed by atoms with Crippen LogP contribution in [-0.4, -0.2) is 35.5 Å². The summed E-state index contributed by atoms with van der Waals surface area (Å²) in [7, 11) is 0. The zero-order chi connectivity index (χ0) is 18.7. The highest BCUT2D eigenvalue weighted by molar-refractivity contribution is 8.26. The minimum Gasteiger partial charge on any atom is -0.463 e. The molecule has 7 nitrogen and oxygen atoms in total. The number of nitrogens with one attached hydrogen (secondary N) is 1. The maximum Gasteiger partial charge on any atom is 0.338 e. The Hall–Kier alpha value is -2.19. The number of ether oxygens (including phenoxy) is 3. The molecule has 0 aromatic heterocycles. The highest BCUT2D eigenvalue weighted by atomic mass is 35.5. The van der Waals surface area contributed by atoms with Crippen LogP contribution in [0.5, 0.6) is 11.5 Å². The lowest BCUT2D eigenvalue weighted by Crippen LogP contribution is -2.31. The molecule has 2 aliphatic heterocycles. The molecule has 0 bridgehead atoms. The molecule has 0 radical (unpaired) electrons. The number of hydrogen-bond donors (Lipinski definition) is 1. The summed E-state index contributed by atoms with van der Waals surface area (Å²) in [6.45, 7) is 3.88. The van der Waals surface area contributed by atoms with E-state index in [0.29, 0.717) is 27.9 Å². The maximum atomic E-state index is 12.5. The Bertz CT molecular complexity index is 808. The van der Waals surface area contributed by atoms with Crippen molar-refractivity contribution < 1.29 is 23.8 Å². The SMILES string of the molecule is CCOC(=O)C1=C(C)NC(SC(=O)CCl)=NC1c1ccc2c(c1)OCO2. The summed E-state index contributed by atoms with van der Waals surface area (Å²) in [5.41, 5.74) is 1.69. The van der Waals surface area contributed by atoms with E-state index in [2.05, 4.69) is 10.3 Å². The molecule has 3 rings (SSSR count). The lowest BCUT2D eigenvalue weighted by Gasteiger charge is -2.25. The zero-order valence-electron chi connectivity index (χ0n) is 14.2. The third-order valence-corrected chi connectivity index (χ3v) is 4.92. The molecule has 0 saturated carbocycles. The molecule has 1 unspecified atom stereocenters. The Balaban J connectivity index is 2.00. The summed E-state index contributed by atoms with van der Waals surface area (Å²) in [6.07, 6.45) is 0. The number of thioether (sulfide) groups is 1. The topological polar surface area (TPSA) is 86.2 Å². The highest BCUT2D eigenvalue weighted by Crippen LogP contribution is 2.39. The summed E-state index contributed by atoms with van der Waals surface area (Å²) in [5, 5.41) is 3.12. The van der Waals surface area contributed by atoms with Crippen molar-refractivity contribution >= 4 is 39.6 Å². The fourth-order valence-electron chi connectivity index (χ4n) is 2.63. The van der Waals surface area contributed by atoms with Crippen molar-refractivity contribution in [3.63, 3.8) is 0 Å². The quantitative estimate of drug-likeness (QED) is 0.618. The summed E-state index contributed by atoms with van der Waals surface area (Å²) >= 11 is 6.48. The number of fused-ring (bicyclic) bond motifs is 1. The Morgan fingerprint density at radius 1 is 1.38 bits per heavy atom. The molecular formula is C17H17ClN2O5S. The molecule has 2 aliphatic rings. The van der Waals surface area contributed by atoms with Gasteiger partial charge in [-0.05, 0) is 43.3 Å². The number of aliphatic imine (C=N–C) groups is 1. The molecule has 26 heavy (non-hydrogen) atoms. The summed E-state index contributed by atoms with van der Waals surface area (Å²) in [5.74, 6) is 0.629. The average molecular weight is 397 g/mol. The van der Waals surface area contributed by atoms with Crippen molar-refractivity contribution in [1.29, 1.82) is 0 Å². The summed E-state index contributed by atoms with van der Waals surface area (Å²) in [4.78, 5) is 28.7. The number of carbonyl (C=O) groups excluding carboxylic acids is 2. The highest BCUT2D eigenvalue weighted by Gasteiger charge is 2.32. The van der Waals surface area contributed by atoms with Crippen molar-refractivity contribution in [3.05, 3.63) is 35.0 Å². The van der Waals surface area contributed by atoms with Gasteiger partial charge in [0, 0.05) is 5.70 Å². The van der Waals surface area contributed by atoms with Crippen LogP contribution < -0.4 is 14.8 Å². The first kappa shape index (κ1) is 18.6. The van der Waals surface area contributed by atoms with Crippen LogP contribution in [-0.2, 0) is 14.3 Å². The van der Waals surface area contributed by atoms with E-state index < -0.39 is 12.0 Å². The van der Waals surface area contributed by atoms with Crippen LogP contribution in [0.3, 0.4) is 0 Å². The van der Waals surface area contributed by atoms with Gasteiger partial charge in [-0.15, -0.1) is 11.6 Å². The van der Waals surface area contributed by atoms with Gasteiger partial charge in [-0.2, -0.15) is 0 Å². The smallest absolute Gasteiger partial charge is 0.338 e. The van der Waals surface area contributed by atoms with Gasteiger partial charge in [0.05, 0.1) is 18.1 Å². The molecule has 0 amide bonds. The first-order valence-corrected chi connectivity index (χ1v) is 9.27. The monoisotopic (exact) mass is 396 g/mol. The predicted molar refractivity (Wildman–Crippen MR) is 98.5 cm³/mol. The molecule has 1 aromatic rings. The Kier molecular flexibility index (Phi) is 5.73. The lowest BCUT2D eigenvalue weighted by molar-refractivity contribution is -0.139. The van der Waals surface area contributed by atoms with E-state index in [1.807, 2.05) is 6.07 Å². The second kappa shape index (κ2) is 8.01. The number of hydrogen-bond acceptors (Lipinski definition) is 8. The van der Waals surface area contributed by atoms with E-state index in [1.54, 1.807) is 26.0 Å². The first-order valence-electron chi connectivity index (χ1n) is 7.92. The van der Waals surface area contributed by atoms with E-state index >= 15 is 0 Å². The van der Waals surface area contributed by atoms with Crippen LogP contribution >= 0.6 is 23.4 Å². The second-order valence-electron chi connectivity index (χ2n) is 5.44. The van der Waals surface area contributed by atoms with E-state index in [1.165, 1.54) is 0 Å². The number of rotatable bonds is 4. The second-order valence-corrected chi connectivity index (χ2v) is 6.75. The summed E-state index contributed by atoms with van der Waals surface area (Å²) < 4.78 is 15.9. The molecule has 0 saturated heterocycles. The van der Waals surface area contributed by atoms with Crippen LogP contribution in [0.25, 0.3) is 0 Å². The van der Waals surface area contributed by atoms with Crippen LogP contribution in [0.4, 0.5) is 0 Å². The standard InChI is InChI=1S/C17H17ClN2O5S/c1-3-23-16(22)14-9(2)19-17(26-13(21)7-18)20-15(14)10-4-5-11-12(6-10)25-8-24-11/h4-6,15H,3,7-8H2,1-2H3,(H,19,20). The molecule has 1 atom stereocenters. The van der Waals surface area contributed by atoms with E-state index in [-0.39, 0.29) is 24.4 Å². The fourth-order valence-corrected chi connectivity index (χ4v) is 3.43. The van der Waals surface area contributed by atoms with Crippen molar-refractivity contribution in [2.24, 2.45) is 4.99 Å². The third-order valence-electron chi connectivity index (χ3n) is 3.75. The first-order chi connectivity index (χ1) is 12.5. The van der Waals surface area contributed by atoms with Crippen molar-refractivity contribution in [1.82, 2.24) is 5.32 Å². The lowest BCUT2D eigenvalue weighted by atomic mass is 9.96. The Morgan fingerprint density at radius 2 is 2.15 bits per heavy atom. The van der Waals surface area contributed by atoms with Crippen molar-refractivity contribution in [2.75, 3.05) is 19.3 Å². The fraction of sp³-hybridized carbons (Fsp3) is 0.353. The zero-order valence-corrected chi connectivity index (χ0v) is 15.8. The van der Waals surface area contributed by atoms with E-state index in [9.17, 15) is 9.59 Å². The van der Waals surface area contributed by atoms with Gasteiger partial charge in [0.25, 0.3) is 0 Å². The number of amidine groups is 1. The van der Waals surface area contributed by atoms with Crippen LogP contribution in [0.1, 0.15) is 25.5 Å². The molecule has 9 heteroatoms. The minimum absolute atomic E-state index is 0.131. The Labute approximate surface area is 159 Å². The number of nitrogens with zero attached hydrogens (tertiary/aromatic N) is 1. The van der Waals surface area contributed by atoms with Gasteiger partial charge in [0.15, 0.2) is 16.7 Å². The molecule has 0 spiro atoms. The normalized spacial score (nSPS) is 18.3. The van der Waals surface area contributed by atoms with E-state index in [0.717, 1.165) is 17.3 Å². The van der Waals surface area contributed by atoms with Crippen LogP contribution in [0.15, 0.2) is 34.5 Å². The van der Waals surface area contributed by atoms with Gasteiger partial charge >= 0.3 is 5.97 Å².